The third-order valence-corrected chi connectivity index (χ3v) is 8.78. The van der Waals surface area contributed by atoms with E-state index in [1.54, 1.807) is 57.4 Å². The lowest BCUT2D eigenvalue weighted by Crippen LogP contribution is -2.74. The number of nitrogens with zero attached hydrogens (tertiary/aromatic N) is 2. The Hall–Kier alpha value is -4.29. The van der Waals surface area contributed by atoms with Crippen molar-refractivity contribution < 1.29 is 43.3 Å². The van der Waals surface area contributed by atoms with E-state index in [4.69, 9.17) is 14.9 Å². The van der Waals surface area contributed by atoms with E-state index in [0.29, 0.717) is 17.0 Å². The Kier molecular flexibility index (Phi) is 7.10. The molecule has 1 aromatic heterocycles. The van der Waals surface area contributed by atoms with E-state index in [9.17, 15) is 34.2 Å². The second-order valence-corrected chi connectivity index (χ2v) is 11.6. The van der Waals surface area contributed by atoms with Crippen LogP contribution < -0.4 is 10.6 Å². The van der Waals surface area contributed by atoms with Gasteiger partial charge in [0.25, 0.3) is 0 Å². The zero-order valence-corrected chi connectivity index (χ0v) is 23.9. The molecule has 6 atom stereocenters. The van der Waals surface area contributed by atoms with Crippen LogP contribution in [0.5, 0.6) is 5.75 Å². The lowest BCUT2D eigenvalue weighted by molar-refractivity contribution is -0.181. The number of phenolic OH excluding ortho intramolecular Hbond substituents is 1. The van der Waals surface area contributed by atoms with Crippen molar-refractivity contribution in [3.05, 3.63) is 41.3 Å². The van der Waals surface area contributed by atoms with Gasteiger partial charge in [-0.1, -0.05) is 0 Å². The number of amides is 1. The van der Waals surface area contributed by atoms with E-state index in [1.165, 1.54) is 18.3 Å². The molecule has 2 fully saturated rings. The maximum absolute atomic E-state index is 14.2. The quantitative estimate of drug-likeness (QED) is 0.325. The van der Waals surface area contributed by atoms with E-state index >= 15 is 0 Å². The van der Waals surface area contributed by atoms with Gasteiger partial charge in [0.2, 0.25) is 5.91 Å². The summed E-state index contributed by atoms with van der Waals surface area (Å²) in [6.07, 6.45) is 3.13. The number of phenols is 1. The lowest BCUT2D eigenvalue weighted by atomic mass is 9.52. The van der Waals surface area contributed by atoms with E-state index in [1.807, 2.05) is 0 Å². The largest absolute Gasteiger partial charge is 0.506 e. The Bertz CT molecular complexity index is 1550. The van der Waals surface area contributed by atoms with Crippen LogP contribution in [0.15, 0.2) is 28.9 Å². The van der Waals surface area contributed by atoms with Gasteiger partial charge >= 0.3 is 0 Å². The number of Topliss-reactive ketones (excluding diaryl/α,β-unsaturated/α-hetero) is 4. The van der Waals surface area contributed by atoms with Crippen molar-refractivity contribution >= 4 is 40.8 Å². The number of primary amides is 1. The van der Waals surface area contributed by atoms with Crippen LogP contribution in [-0.2, 0) is 30.3 Å². The number of benzene rings is 1. The van der Waals surface area contributed by atoms with Crippen LogP contribution in [0.4, 0.5) is 5.69 Å². The average Bonchev–Trinajstić information content (AvgIpc) is 3.37. The maximum atomic E-state index is 14.2. The second kappa shape index (κ2) is 10.2. The topological polar surface area (TPSA) is 181 Å². The molecule has 2 aromatic rings. The number of methoxy groups -OCH3 is 1. The van der Waals surface area contributed by atoms with Gasteiger partial charge < -0.3 is 30.0 Å². The molecule has 0 spiro atoms. The first-order valence-corrected chi connectivity index (χ1v) is 13.5. The minimum absolute atomic E-state index is 0.0212. The summed E-state index contributed by atoms with van der Waals surface area (Å²) in [5.74, 6) is -10.3. The number of anilines is 1. The molecule has 12 heteroatoms. The van der Waals surface area contributed by atoms with Crippen molar-refractivity contribution in [2.24, 2.45) is 29.4 Å². The number of carbonyl (C=O) groups excluding carboxylic acids is 5. The van der Waals surface area contributed by atoms with Crippen LogP contribution in [0.25, 0.3) is 17.4 Å². The Balaban J connectivity index is 1.66. The van der Waals surface area contributed by atoms with Gasteiger partial charge in [-0.2, -0.15) is 0 Å². The molecule has 1 heterocycles. The molecule has 1 aromatic carbocycles. The number of ketones is 4. The van der Waals surface area contributed by atoms with E-state index in [2.05, 4.69) is 0 Å². The first-order valence-electron chi connectivity index (χ1n) is 13.5. The van der Waals surface area contributed by atoms with Crippen molar-refractivity contribution in [2.45, 2.75) is 24.5 Å². The molecule has 2 unspecified atom stereocenters. The molecule has 0 aliphatic heterocycles. The van der Waals surface area contributed by atoms with Gasteiger partial charge in [-0.3, -0.25) is 28.9 Å². The number of aliphatic hydroxyl groups is 1. The lowest BCUT2D eigenvalue weighted by Gasteiger charge is -2.52. The molecule has 2 saturated carbocycles. The highest BCUT2D eigenvalue weighted by atomic mass is 16.5. The smallest absolute Gasteiger partial charge is 0.235 e. The van der Waals surface area contributed by atoms with Gasteiger partial charge in [-0.25, -0.2) is 0 Å². The monoisotopic (exact) mass is 579 g/mol. The first kappa shape index (κ1) is 29.2. The van der Waals surface area contributed by atoms with Gasteiger partial charge in [0.1, 0.15) is 17.3 Å². The van der Waals surface area contributed by atoms with Crippen molar-refractivity contribution in [1.82, 2.24) is 4.90 Å². The number of ether oxygens (including phenoxy) is 1. The second-order valence-electron chi connectivity index (χ2n) is 11.6. The summed E-state index contributed by atoms with van der Waals surface area (Å²) < 4.78 is 10.7. The highest BCUT2D eigenvalue weighted by Gasteiger charge is 2.69. The van der Waals surface area contributed by atoms with Gasteiger partial charge in [-0.15, -0.1) is 0 Å². The fourth-order valence-electron chi connectivity index (χ4n) is 6.96. The van der Waals surface area contributed by atoms with Crippen LogP contribution in [0.2, 0.25) is 0 Å². The summed E-state index contributed by atoms with van der Waals surface area (Å²) in [5, 5.41) is 23.2. The molecule has 1 amide bonds. The number of likely N-dealkylation sites (N-methyl/N-ethyl adjacent to an activating group) is 1. The molecule has 222 valence electrons. The standard InChI is InChI=1S/C30H33N3O9/c1-32(2)18-12-16(19-7-6-14(42-19)8-9-41-5)24(34)21-15(18)10-13-11-17-23(33(3)4)26(36)22(29(31)39)28(38)30(17,40)27(37)20(13)25(21)35/h6-9,12-13,17,20,22-23,34,40H,10-11H2,1-5H3,(H2,31,39)/t13-,17-,20?,22?,23-,30-/m1/s1. The Morgan fingerprint density at radius 2 is 1.83 bits per heavy atom. The van der Waals surface area contributed by atoms with Crippen LogP contribution in [0.3, 0.4) is 0 Å². The number of hydrogen-bond donors (Lipinski definition) is 3. The van der Waals surface area contributed by atoms with Crippen LogP contribution in [0, 0.1) is 23.7 Å². The number of carbonyl (C=O) groups is 5. The number of aromatic hydroxyl groups is 1. The zero-order valence-electron chi connectivity index (χ0n) is 23.9. The molecule has 3 aliphatic rings. The predicted molar refractivity (Wildman–Crippen MR) is 149 cm³/mol. The van der Waals surface area contributed by atoms with Crippen LogP contribution >= 0.6 is 0 Å². The number of nitrogens with two attached hydrogens (primary N) is 1. The minimum atomic E-state index is -2.78. The molecule has 0 radical (unpaired) electrons. The zero-order chi connectivity index (χ0) is 30.8. The SMILES string of the molecule is COC=Cc1ccc(-c2cc(N(C)C)c3c(c2O)C(=O)C2C(=O)[C@@]4(O)C(=O)C(C(N)=O)C(=O)[C@H](N(C)C)[C@H]4C[C@H]2C3)o1. The van der Waals surface area contributed by atoms with Crippen molar-refractivity contribution in [2.75, 3.05) is 40.2 Å². The van der Waals surface area contributed by atoms with Crippen molar-refractivity contribution in [3.8, 4) is 17.1 Å². The number of furan rings is 1. The molecule has 42 heavy (non-hydrogen) atoms. The van der Waals surface area contributed by atoms with E-state index in [-0.39, 0.29) is 29.7 Å². The molecule has 5 rings (SSSR count). The number of hydrogen-bond acceptors (Lipinski definition) is 11. The molecule has 3 aliphatic carbocycles. The van der Waals surface area contributed by atoms with Gasteiger partial charge in [0.05, 0.1) is 36.5 Å². The summed E-state index contributed by atoms with van der Waals surface area (Å²) in [5.41, 5.74) is 3.81. The van der Waals surface area contributed by atoms with Crippen molar-refractivity contribution in [1.29, 1.82) is 0 Å². The average molecular weight is 580 g/mol. The molecule has 4 N–H and O–H groups in total. The summed E-state index contributed by atoms with van der Waals surface area (Å²) in [6, 6.07) is 3.81. The molecular weight excluding hydrogens is 546 g/mol. The fourth-order valence-corrected chi connectivity index (χ4v) is 6.96. The van der Waals surface area contributed by atoms with Crippen LogP contribution in [-0.4, -0.2) is 91.1 Å². The van der Waals surface area contributed by atoms with Gasteiger partial charge in [0.15, 0.2) is 34.7 Å². The summed E-state index contributed by atoms with van der Waals surface area (Å²) in [4.78, 5) is 70.3. The number of fused-ring (bicyclic) bond motifs is 3. The van der Waals surface area contributed by atoms with E-state index < -0.39 is 70.1 Å². The predicted octanol–water partition coefficient (Wildman–Crippen LogP) is 0.810. The third-order valence-electron chi connectivity index (χ3n) is 8.78. The minimum Gasteiger partial charge on any atom is -0.506 e. The summed E-state index contributed by atoms with van der Waals surface area (Å²) >= 11 is 0. The maximum Gasteiger partial charge on any atom is 0.235 e. The molecular formula is C30H33N3O9. The molecule has 12 nitrogen and oxygen atoms in total. The highest BCUT2D eigenvalue weighted by molar-refractivity contribution is 6.32. The number of rotatable bonds is 6. The summed E-state index contributed by atoms with van der Waals surface area (Å²) in [7, 11) is 8.12. The van der Waals surface area contributed by atoms with Crippen LogP contribution in [0.1, 0.15) is 28.1 Å². The molecule has 0 bridgehead atoms. The van der Waals surface area contributed by atoms with Crippen molar-refractivity contribution in [3.63, 3.8) is 0 Å². The third kappa shape index (κ3) is 4.08. The Morgan fingerprint density at radius 3 is 2.43 bits per heavy atom. The first-order chi connectivity index (χ1) is 19.7. The normalized spacial score (nSPS) is 29.0. The Labute approximate surface area is 241 Å². The molecule has 0 saturated heterocycles. The van der Waals surface area contributed by atoms with Gasteiger partial charge in [0, 0.05) is 31.8 Å². The Morgan fingerprint density at radius 1 is 1.14 bits per heavy atom. The summed E-state index contributed by atoms with van der Waals surface area (Å²) in [6.45, 7) is 0. The highest BCUT2D eigenvalue weighted by Crippen LogP contribution is 2.53. The fraction of sp³-hybridized carbons (Fsp3) is 0.433. The van der Waals surface area contributed by atoms with E-state index in [0.717, 1.165) is 0 Å². The van der Waals surface area contributed by atoms with Gasteiger partial charge in [-0.05, 0) is 56.6 Å².